The third kappa shape index (κ3) is 2.75. The average molecular weight is 280 g/mol. The summed E-state index contributed by atoms with van der Waals surface area (Å²) in [5.74, 6) is -0.648. The van der Waals surface area contributed by atoms with Crippen molar-refractivity contribution in [1.82, 2.24) is 0 Å². The van der Waals surface area contributed by atoms with Crippen LogP contribution in [0.5, 0.6) is 0 Å². The summed E-state index contributed by atoms with van der Waals surface area (Å²) in [7, 11) is 0. The molecule has 0 aromatic heterocycles. The van der Waals surface area contributed by atoms with Crippen LogP contribution in [0.1, 0.15) is 32.6 Å². The van der Waals surface area contributed by atoms with Crippen molar-refractivity contribution in [2.75, 3.05) is 19.8 Å². The molecule has 2 rings (SSSR count). The topological polar surface area (TPSA) is 83.8 Å². The summed E-state index contributed by atoms with van der Waals surface area (Å²) < 4.78 is 5.52. The molecule has 0 bridgehead atoms. The first kappa shape index (κ1) is 15.1. The molecule has 1 saturated heterocycles. The highest BCUT2D eigenvalue weighted by molar-refractivity contribution is 6.25. The second-order valence-electron chi connectivity index (χ2n) is 5.21. The van der Waals surface area contributed by atoms with Crippen LogP contribution in [0.15, 0.2) is 22.3 Å². The largest absolute Gasteiger partial charge is 0.392 e. The SMILES string of the molecule is CC1=C(CCC2CCCO2)C(=O)C(CO)=C(CO)C1=O. The van der Waals surface area contributed by atoms with Crippen molar-refractivity contribution in [3.63, 3.8) is 0 Å². The van der Waals surface area contributed by atoms with Gasteiger partial charge in [0, 0.05) is 28.9 Å². The summed E-state index contributed by atoms with van der Waals surface area (Å²) in [6.07, 6.45) is 3.35. The van der Waals surface area contributed by atoms with E-state index in [4.69, 9.17) is 4.74 Å². The summed E-state index contributed by atoms with van der Waals surface area (Å²) >= 11 is 0. The number of hydrogen-bond donors (Lipinski definition) is 2. The number of ketones is 2. The van der Waals surface area contributed by atoms with Crippen molar-refractivity contribution in [3.05, 3.63) is 22.3 Å². The summed E-state index contributed by atoms with van der Waals surface area (Å²) in [6.45, 7) is 1.33. The maximum atomic E-state index is 12.3. The van der Waals surface area contributed by atoms with Gasteiger partial charge in [0.05, 0.1) is 19.3 Å². The minimum absolute atomic E-state index is 0.0240. The molecule has 20 heavy (non-hydrogen) atoms. The lowest BCUT2D eigenvalue weighted by Gasteiger charge is -2.21. The van der Waals surface area contributed by atoms with Crippen LogP contribution in [0.3, 0.4) is 0 Å². The number of allylic oxidation sites excluding steroid dienone is 2. The highest BCUT2D eigenvalue weighted by atomic mass is 16.5. The lowest BCUT2D eigenvalue weighted by atomic mass is 9.83. The molecule has 1 aliphatic heterocycles. The number of hydrogen-bond acceptors (Lipinski definition) is 5. The molecular weight excluding hydrogens is 260 g/mol. The molecule has 0 aromatic carbocycles. The Labute approximate surface area is 117 Å². The van der Waals surface area contributed by atoms with Crippen LogP contribution in [0, 0.1) is 0 Å². The van der Waals surface area contributed by atoms with Crippen LogP contribution in [-0.4, -0.2) is 47.7 Å². The Balaban J connectivity index is 2.17. The Morgan fingerprint density at radius 3 is 2.30 bits per heavy atom. The normalized spacial score (nSPS) is 24.1. The molecule has 5 nitrogen and oxygen atoms in total. The number of carbonyl (C=O) groups is 2. The molecule has 0 saturated carbocycles. The van der Waals surface area contributed by atoms with Gasteiger partial charge in [-0.2, -0.15) is 0 Å². The number of aliphatic hydroxyl groups excluding tert-OH is 2. The van der Waals surface area contributed by atoms with Gasteiger partial charge >= 0.3 is 0 Å². The smallest absolute Gasteiger partial charge is 0.188 e. The van der Waals surface area contributed by atoms with Crippen LogP contribution in [-0.2, 0) is 14.3 Å². The average Bonchev–Trinajstić information content (AvgIpc) is 2.95. The van der Waals surface area contributed by atoms with Gasteiger partial charge in [-0.1, -0.05) is 0 Å². The van der Waals surface area contributed by atoms with E-state index in [0.29, 0.717) is 24.0 Å². The quantitative estimate of drug-likeness (QED) is 0.724. The van der Waals surface area contributed by atoms with Crippen molar-refractivity contribution in [1.29, 1.82) is 0 Å². The predicted molar refractivity (Wildman–Crippen MR) is 72.1 cm³/mol. The van der Waals surface area contributed by atoms with E-state index < -0.39 is 13.2 Å². The predicted octanol–water partition coefficient (Wildman–Crippen LogP) is 0.695. The van der Waals surface area contributed by atoms with Crippen LogP contribution in [0.2, 0.25) is 0 Å². The van der Waals surface area contributed by atoms with Crippen molar-refractivity contribution in [2.24, 2.45) is 0 Å². The van der Waals surface area contributed by atoms with Crippen LogP contribution in [0.25, 0.3) is 0 Å². The van der Waals surface area contributed by atoms with E-state index in [0.717, 1.165) is 19.4 Å². The second-order valence-corrected chi connectivity index (χ2v) is 5.21. The zero-order valence-corrected chi connectivity index (χ0v) is 11.6. The molecule has 2 N–H and O–H groups in total. The first-order valence-electron chi connectivity index (χ1n) is 6.94. The minimum Gasteiger partial charge on any atom is -0.392 e. The number of rotatable bonds is 5. The van der Waals surface area contributed by atoms with Gasteiger partial charge in [-0.05, 0) is 32.6 Å². The summed E-state index contributed by atoms with van der Waals surface area (Å²) in [6, 6.07) is 0. The fourth-order valence-corrected chi connectivity index (χ4v) is 2.80. The molecule has 2 aliphatic rings. The molecule has 1 unspecified atom stereocenters. The molecule has 0 radical (unpaired) electrons. The maximum Gasteiger partial charge on any atom is 0.188 e. The van der Waals surface area contributed by atoms with Gasteiger partial charge in [-0.3, -0.25) is 9.59 Å². The van der Waals surface area contributed by atoms with Crippen LogP contribution in [0.4, 0.5) is 0 Å². The van der Waals surface area contributed by atoms with Gasteiger partial charge in [0.1, 0.15) is 0 Å². The lowest BCUT2D eigenvalue weighted by molar-refractivity contribution is -0.117. The number of aliphatic hydroxyl groups is 2. The van der Waals surface area contributed by atoms with E-state index in [1.165, 1.54) is 0 Å². The molecule has 1 fully saturated rings. The second kappa shape index (κ2) is 6.43. The molecular formula is C15H20O5. The molecule has 5 heteroatoms. The van der Waals surface area contributed by atoms with Gasteiger partial charge in [0.15, 0.2) is 11.6 Å². The van der Waals surface area contributed by atoms with Crippen LogP contribution >= 0.6 is 0 Å². The van der Waals surface area contributed by atoms with Gasteiger partial charge < -0.3 is 14.9 Å². The molecule has 1 heterocycles. The highest BCUT2D eigenvalue weighted by Gasteiger charge is 2.31. The van der Waals surface area contributed by atoms with Gasteiger partial charge in [0.25, 0.3) is 0 Å². The van der Waals surface area contributed by atoms with E-state index in [-0.39, 0.29) is 28.8 Å². The highest BCUT2D eigenvalue weighted by Crippen LogP contribution is 2.29. The van der Waals surface area contributed by atoms with Crippen molar-refractivity contribution in [2.45, 2.75) is 38.7 Å². The monoisotopic (exact) mass is 280 g/mol. The van der Waals surface area contributed by atoms with E-state index in [1.54, 1.807) is 6.92 Å². The number of Topliss-reactive ketones (excluding diaryl/α,β-unsaturated/α-hetero) is 2. The molecule has 0 amide bonds. The van der Waals surface area contributed by atoms with Crippen molar-refractivity contribution in [3.8, 4) is 0 Å². The molecule has 1 atom stereocenters. The van der Waals surface area contributed by atoms with Gasteiger partial charge in [-0.15, -0.1) is 0 Å². The van der Waals surface area contributed by atoms with E-state index in [1.807, 2.05) is 0 Å². The fourth-order valence-electron chi connectivity index (χ4n) is 2.80. The Kier molecular flexibility index (Phi) is 4.86. The van der Waals surface area contributed by atoms with Gasteiger partial charge in [0.2, 0.25) is 0 Å². The molecule has 0 spiro atoms. The molecule has 110 valence electrons. The molecule has 0 aromatic rings. The Bertz CT molecular complexity index is 480. The summed E-state index contributed by atoms with van der Waals surface area (Å²) in [5.41, 5.74) is 0.891. The van der Waals surface area contributed by atoms with E-state index in [9.17, 15) is 19.8 Å². The van der Waals surface area contributed by atoms with E-state index in [2.05, 4.69) is 0 Å². The van der Waals surface area contributed by atoms with Crippen LogP contribution < -0.4 is 0 Å². The first-order valence-corrected chi connectivity index (χ1v) is 6.94. The zero-order valence-electron chi connectivity index (χ0n) is 11.6. The Morgan fingerprint density at radius 2 is 1.75 bits per heavy atom. The minimum atomic E-state index is -0.517. The number of carbonyl (C=O) groups excluding carboxylic acids is 2. The Hall–Kier alpha value is -1.30. The Morgan fingerprint density at radius 1 is 1.10 bits per heavy atom. The van der Waals surface area contributed by atoms with Crippen molar-refractivity contribution < 1.29 is 24.5 Å². The number of ether oxygens (including phenoxy) is 1. The third-order valence-electron chi connectivity index (χ3n) is 4.04. The fraction of sp³-hybridized carbons (Fsp3) is 0.600. The zero-order chi connectivity index (χ0) is 14.7. The molecule has 1 aliphatic carbocycles. The standard InChI is InChI=1S/C15H20O5/c1-9-11(5-4-10-3-2-6-20-10)15(19)13(8-17)12(7-16)14(9)18/h10,16-17H,2-8H2,1H3. The maximum absolute atomic E-state index is 12.3. The summed E-state index contributed by atoms with van der Waals surface area (Å²) in [5, 5.41) is 18.5. The third-order valence-corrected chi connectivity index (χ3v) is 4.04. The van der Waals surface area contributed by atoms with Crippen molar-refractivity contribution >= 4 is 11.6 Å². The van der Waals surface area contributed by atoms with Gasteiger partial charge in [-0.25, -0.2) is 0 Å². The summed E-state index contributed by atoms with van der Waals surface area (Å²) in [4.78, 5) is 24.4. The first-order chi connectivity index (χ1) is 9.60. The lowest BCUT2D eigenvalue weighted by Crippen LogP contribution is -2.27. The van der Waals surface area contributed by atoms with E-state index >= 15 is 0 Å².